The van der Waals surface area contributed by atoms with Crippen molar-refractivity contribution < 1.29 is 4.42 Å². The summed E-state index contributed by atoms with van der Waals surface area (Å²) in [6.45, 7) is 0. The molecule has 3 heteroatoms. The van der Waals surface area contributed by atoms with Crippen LogP contribution in [-0.2, 0) is 0 Å². The van der Waals surface area contributed by atoms with Crippen LogP contribution in [0.15, 0.2) is 205 Å². The van der Waals surface area contributed by atoms with Gasteiger partial charge in [0.05, 0.1) is 0 Å². The first-order valence-corrected chi connectivity index (χ1v) is 19.5. The molecule has 0 atom stereocenters. The molecule has 9 aromatic carbocycles. The molecule has 0 fully saturated rings. The molecule has 0 N–H and O–H groups in total. The van der Waals surface area contributed by atoms with Crippen LogP contribution < -0.4 is 4.90 Å². The van der Waals surface area contributed by atoms with E-state index in [-0.39, 0.29) is 0 Å². The van der Waals surface area contributed by atoms with Crippen LogP contribution in [0.25, 0.3) is 86.3 Å². The van der Waals surface area contributed by atoms with Crippen molar-refractivity contribution in [2.75, 3.05) is 4.90 Å². The summed E-state index contributed by atoms with van der Waals surface area (Å²) in [5.41, 5.74) is 12.2. The highest BCUT2D eigenvalue weighted by Crippen LogP contribution is 2.42. The van der Waals surface area contributed by atoms with Crippen molar-refractivity contribution in [2.24, 2.45) is 0 Å². The summed E-state index contributed by atoms with van der Waals surface area (Å²) in [5.74, 6) is 0. The van der Waals surface area contributed by atoms with Gasteiger partial charge in [0.1, 0.15) is 11.2 Å². The zero-order valence-electron chi connectivity index (χ0n) is 29.8. The normalized spacial score (nSPS) is 11.6. The lowest BCUT2D eigenvalue weighted by molar-refractivity contribution is 0.669. The quantitative estimate of drug-likeness (QED) is 0.170. The molecule has 0 aliphatic carbocycles. The molecule has 0 amide bonds. The van der Waals surface area contributed by atoms with Gasteiger partial charge in [-0.3, -0.25) is 0 Å². The Morgan fingerprint density at radius 2 is 0.927 bits per heavy atom. The zero-order valence-corrected chi connectivity index (χ0v) is 30.6. The van der Waals surface area contributed by atoms with Gasteiger partial charge in [-0.15, -0.1) is 11.3 Å². The molecule has 0 bridgehead atoms. The topological polar surface area (TPSA) is 16.4 Å². The van der Waals surface area contributed by atoms with Crippen LogP contribution in [0.5, 0.6) is 0 Å². The Morgan fingerprint density at radius 3 is 1.76 bits per heavy atom. The summed E-state index contributed by atoms with van der Waals surface area (Å²) in [7, 11) is 0. The summed E-state index contributed by atoms with van der Waals surface area (Å²) in [6.07, 6.45) is 0. The maximum absolute atomic E-state index is 6.24. The van der Waals surface area contributed by atoms with E-state index in [1.807, 2.05) is 23.5 Å². The Bertz CT molecular complexity index is 3200. The molecule has 55 heavy (non-hydrogen) atoms. The van der Waals surface area contributed by atoms with E-state index in [0.29, 0.717) is 0 Å². The van der Waals surface area contributed by atoms with Crippen LogP contribution in [-0.4, -0.2) is 0 Å². The minimum absolute atomic E-state index is 0.904. The van der Waals surface area contributed by atoms with E-state index in [1.54, 1.807) is 0 Å². The predicted molar refractivity (Wildman–Crippen MR) is 235 cm³/mol. The summed E-state index contributed by atoms with van der Waals surface area (Å²) in [5, 5.41) is 7.42. The van der Waals surface area contributed by atoms with Crippen molar-refractivity contribution in [2.45, 2.75) is 0 Å². The lowest BCUT2D eigenvalue weighted by atomic mass is 9.97. The third-order valence-electron chi connectivity index (χ3n) is 10.9. The molecule has 2 nitrogen and oxygen atoms in total. The second-order valence-corrected chi connectivity index (χ2v) is 15.2. The van der Waals surface area contributed by atoms with Crippen LogP contribution in [0.3, 0.4) is 0 Å². The van der Waals surface area contributed by atoms with Crippen LogP contribution in [0.1, 0.15) is 0 Å². The van der Waals surface area contributed by atoms with E-state index >= 15 is 0 Å². The molecule has 0 radical (unpaired) electrons. The Kier molecular flexibility index (Phi) is 7.39. The molecule has 0 aliphatic rings. The number of thiophene rings is 1. The van der Waals surface area contributed by atoms with Gasteiger partial charge in [0.25, 0.3) is 0 Å². The van der Waals surface area contributed by atoms with Gasteiger partial charge >= 0.3 is 0 Å². The van der Waals surface area contributed by atoms with E-state index < -0.39 is 0 Å². The lowest BCUT2D eigenvalue weighted by Crippen LogP contribution is -2.10. The highest BCUT2D eigenvalue weighted by atomic mass is 32.1. The summed E-state index contributed by atoms with van der Waals surface area (Å²) in [4.78, 5) is 2.37. The SMILES string of the molecule is c1cc(-c2ccc3c(c2)sc2ccccc23)cc(N(c2ccc(-c3cccc4ccccc34)cc2)c2ccc(-c3cccc4oc5ccccc5c34)cc2)c1. The second kappa shape index (κ2) is 12.9. The summed E-state index contributed by atoms with van der Waals surface area (Å²) < 4.78 is 8.86. The molecule has 2 heterocycles. The molecule has 11 aromatic rings. The number of benzene rings is 9. The molecule has 2 aromatic heterocycles. The maximum Gasteiger partial charge on any atom is 0.136 e. The van der Waals surface area contributed by atoms with Crippen LogP contribution in [0.4, 0.5) is 17.1 Å². The van der Waals surface area contributed by atoms with E-state index in [0.717, 1.165) is 44.6 Å². The minimum atomic E-state index is 0.904. The third kappa shape index (κ3) is 5.40. The Morgan fingerprint density at radius 1 is 0.345 bits per heavy atom. The van der Waals surface area contributed by atoms with Gasteiger partial charge in [0.15, 0.2) is 0 Å². The predicted octanol–water partition coefficient (Wildman–Crippen LogP) is 15.6. The average Bonchev–Trinajstić information content (AvgIpc) is 3.82. The molecule has 258 valence electrons. The average molecular weight is 720 g/mol. The highest BCUT2D eigenvalue weighted by Gasteiger charge is 2.17. The number of fused-ring (bicyclic) bond motifs is 7. The fourth-order valence-electron chi connectivity index (χ4n) is 8.25. The van der Waals surface area contributed by atoms with Crippen molar-refractivity contribution in [3.63, 3.8) is 0 Å². The standard InChI is InChI=1S/C52H33NOS/c1-2-14-42-34(10-1)11-8-17-43(42)35-22-27-39(28-23-35)53(40-29-24-36(25-30-40)44-18-9-20-49-52(44)47-16-3-5-19-48(47)54-49)41-13-7-12-37(32-41)38-26-31-46-45-15-4-6-21-50(45)55-51(46)33-38/h1-33H. The van der Waals surface area contributed by atoms with Gasteiger partial charge in [-0.2, -0.15) is 0 Å². The van der Waals surface area contributed by atoms with Crippen molar-refractivity contribution in [3.8, 4) is 33.4 Å². The molecular formula is C52H33NOS. The van der Waals surface area contributed by atoms with Gasteiger partial charge in [-0.1, -0.05) is 140 Å². The fraction of sp³-hybridized carbons (Fsp3) is 0. The van der Waals surface area contributed by atoms with Gasteiger partial charge in [0, 0.05) is 48.0 Å². The fourth-order valence-corrected chi connectivity index (χ4v) is 9.40. The minimum Gasteiger partial charge on any atom is -0.456 e. The largest absolute Gasteiger partial charge is 0.456 e. The number of hydrogen-bond acceptors (Lipinski definition) is 3. The third-order valence-corrected chi connectivity index (χ3v) is 12.0. The van der Waals surface area contributed by atoms with Crippen molar-refractivity contribution in [3.05, 3.63) is 200 Å². The van der Waals surface area contributed by atoms with E-state index in [4.69, 9.17) is 4.42 Å². The van der Waals surface area contributed by atoms with E-state index in [1.165, 1.54) is 58.8 Å². The highest BCUT2D eigenvalue weighted by molar-refractivity contribution is 7.25. The van der Waals surface area contributed by atoms with Crippen molar-refractivity contribution >= 4 is 81.3 Å². The van der Waals surface area contributed by atoms with Gasteiger partial charge in [-0.25, -0.2) is 0 Å². The van der Waals surface area contributed by atoms with Crippen LogP contribution >= 0.6 is 11.3 Å². The number of anilines is 3. The lowest BCUT2D eigenvalue weighted by Gasteiger charge is -2.26. The Balaban J connectivity index is 1.03. The summed E-state index contributed by atoms with van der Waals surface area (Å²) in [6, 6.07) is 72.3. The van der Waals surface area contributed by atoms with Crippen molar-refractivity contribution in [1.82, 2.24) is 0 Å². The Hall–Kier alpha value is -6.94. The molecule has 0 saturated heterocycles. The van der Waals surface area contributed by atoms with Gasteiger partial charge in [-0.05, 0) is 105 Å². The summed E-state index contributed by atoms with van der Waals surface area (Å²) >= 11 is 1.86. The van der Waals surface area contributed by atoms with Gasteiger partial charge < -0.3 is 9.32 Å². The molecule has 11 rings (SSSR count). The van der Waals surface area contributed by atoms with E-state index in [9.17, 15) is 0 Å². The monoisotopic (exact) mass is 719 g/mol. The first-order chi connectivity index (χ1) is 27.2. The first kappa shape index (κ1) is 31.6. The molecule has 0 spiro atoms. The molecular weight excluding hydrogens is 687 g/mol. The molecule has 0 saturated carbocycles. The molecule has 0 aliphatic heterocycles. The zero-order chi connectivity index (χ0) is 36.3. The van der Waals surface area contributed by atoms with Gasteiger partial charge in [0.2, 0.25) is 0 Å². The number of rotatable bonds is 6. The maximum atomic E-state index is 6.24. The molecule has 0 unspecified atom stereocenters. The first-order valence-electron chi connectivity index (χ1n) is 18.7. The Labute approximate surface area is 322 Å². The number of nitrogens with zero attached hydrogens (tertiary/aromatic N) is 1. The number of hydrogen-bond donors (Lipinski definition) is 0. The smallest absolute Gasteiger partial charge is 0.136 e. The van der Waals surface area contributed by atoms with Crippen LogP contribution in [0, 0.1) is 0 Å². The van der Waals surface area contributed by atoms with Crippen molar-refractivity contribution in [1.29, 1.82) is 0 Å². The number of furan rings is 1. The second-order valence-electron chi connectivity index (χ2n) is 14.1. The van der Waals surface area contributed by atoms with E-state index in [2.05, 4.69) is 193 Å². The van der Waals surface area contributed by atoms with Crippen LogP contribution in [0.2, 0.25) is 0 Å². The number of para-hydroxylation sites is 1.